The van der Waals surface area contributed by atoms with Gasteiger partial charge in [0.25, 0.3) is 0 Å². The molecular weight excluding hydrogens is 318 g/mol. The Bertz CT molecular complexity index is 678. The van der Waals surface area contributed by atoms with E-state index in [1.54, 1.807) is 27.7 Å². The zero-order valence-electron chi connectivity index (χ0n) is 14.3. The second-order valence-corrected chi connectivity index (χ2v) is 8.43. The maximum Gasteiger partial charge on any atom is 0.208 e. The van der Waals surface area contributed by atoms with Gasteiger partial charge in [-0.15, -0.1) is 0 Å². The molecule has 2 N–H and O–H groups in total. The van der Waals surface area contributed by atoms with Gasteiger partial charge in [0.2, 0.25) is 10.0 Å². The van der Waals surface area contributed by atoms with Crippen molar-refractivity contribution in [1.29, 1.82) is 0 Å². The van der Waals surface area contributed by atoms with Gasteiger partial charge >= 0.3 is 0 Å². The van der Waals surface area contributed by atoms with Gasteiger partial charge in [-0.2, -0.15) is 0 Å². The topological polar surface area (TPSA) is 101 Å². The number of nitrogens with one attached hydrogen (secondary N) is 1. The average molecular weight is 343 g/mol. The highest BCUT2D eigenvalue weighted by Gasteiger charge is 2.30. The van der Waals surface area contributed by atoms with Crippen molar-refractivity contribution in [2.45, 2.75) is 52.6 Å². The van der Waals surface area contributed by atoms with Crippen LogP contribution in [0.2, 0.25) is 0 Å². The van der Waals surface area contributed by atoms with Crippen LogP contribution in [0.4, 0.5) is 0 Å². The Hall–Kier alpha value is -1.31. The van der Waals surface area contributed by atoms with Crippen molar-refractivity contribution < 1.29 is 23.1 Å². The minimum absolute atomic E-state index is 0.0610. The van der Waals surface area contributed by atoms with Gasteiger partial charge < -0.3 is 5.11 Å². The maximum absolute atomic E-state index is 12.5. The Morgan fingerprint density at radius 1 is 1.00 bits per heavy atom. The lowest BCUT2D eigenvalue weighted by atomic mass is 9.81. The van der Waals surface area contributed by atoms with Crippen molar-refractivity contribution in [2.75, 3.05) is 12.8 Å². The molecule has 0 spiro atoms. The molecule has 0 fully saturated rings. The normalized spacial score (nSPS) is 17.3. The fourth-order valence-corrected chi connectivity index (χ4v) is 2.86. The first-order valence-electron chi connectivity index (χ1n) is 7.49. The summed E-state index contributed by atoms with van der Waals surface area (Å²) in [7, 11) is -3.35. The first-order valence-corrected chi connectivity index (χ1v) is 9.38. The molecule has 0 aliphatic heterocycles. The van der Waals surface area contributed by atoms with Gasteiger partial charge in [-0.1, -0.05) is 0 Å². The predicted molar refractivity (Wildman–Crippen MR) is 88.4 cm³/mol. The molecule has 130 valence electrons. The standard InChI is InChI=1S/C16H25NO5S/c1-10-11(2)15(19)13(7-9-17-23(5,21)22)12(14(10)18)6-8-16(3,4)20/h17,20H,6-9H2,1-5H3. The molecule has 0 aromatic carbocycles. The Labute approximate surface area is 137 Å². The van der Waals surface area contributed by atoms with Crippen LogP contribution in [-0.2, 0) is 19.6 Å². The van der Waals surface area contributed by atoms with Gasteiger partial charge in [0.05, 0.1) is 11.9 Å². The quantitative estimate of drug-likeness (QED) is 0.678. The van der Waals surface area contributed by atoms with Crippen LogP contribution in [0.5, 0.6) is 0 Å². The van der Waals surface area contributed by atoms with E-state index in [9.17, 15) is 23.1 Å². The number of Topliss-reactive ketones (excluding diaryl/α,β-unsaturated/α-hetero) is 2. The summed E-state index contributed by atoms with van der Waals surface area (Å²) >= 11 is 0. The number of sulfonamides is 1. The molecule has 7 heteroatoms. The van der Waals surface area contributed by atoms with Crippen LogP contribution in [-0.4, -0.2) is 43.5 Å². The largest absolute Gasteiger partial charge is 0.390 e. The smallest absolute Gasteiger partial charge is 0.208 e. The van der Waals surface area contributed by atoms with Crippen LogP contribution in [0.1, 0.15) is 47.0 Å². The molecule has 0 bridgehead atoms. The summed E-state index contributed by atoms with van der Waals surface area (Å²) in [5.74, 6) is -0.413. The monoisotopic (exact) mass is 343 g/mol. The van der Waals surface area contributed by atoms with Gasteiger partial charge in [0.1, 0.15) is 0 Å². The highest BCUT2D eigenvalue weighted by molar-refractivity contribution is 7.88. The van der Waals surface area contributed by atoms with Crippen LogP contribution in [0.3, 0.4) is 0 Å². The Kier molecular flexibility index (Phi) is 6.06. The van der Waals surface area contributed by atoms with E-state index in [4.69, 9.17) is 0 Å². The summed E-state index contributed by atoms with van der Waals surface area (Å²) in [6.45, 7) is 6.56. The highest BCUT2D eigenvalue weighted by atomic mass is 32.2. The molecule has 23 heavy (non-hydrogen) atoms. The number of ketones is 2. The highest BCUT2D eigenvalue weighted by Crippen LogP contribution is 2.30. The van der Waals surface area contributed by atoms with Crippen LogP contribution >= 0.6 is 0 Å². The van der Waals surface area contributed by atoms with Gasteiger partial charge in [-0.05, 0) is 47.0 Å². The summed E-state index contributed by atoms with van der Waals surface area (Å²) in [6, 6.07) is 0. The molecule has 0 radical (unpaired) electrons. The van der Waals surface area contributed by atoms with Crippen LogP contribution < -0.4 is 4.72 Å². The molecule has 1 rings (SSSR count). The molecule has 1 aliphatic rings. The maximum atomic E-state index is 12.5. The third-order valence-electron chi connectivity index (χ3n) is 3.88. The van der Waals surface area contributed by atoms with E-state index in [-0.39, 0.29) is 31.0 Å². The number of hydrogen-bond acceptors (Lipinski definition) is 5. The lowest BCUT2D eigenvalue weighted by Gasteiger charge is -2.23. The fourth-order valence-electron chi connectivity index (χ4n) is 2.39. The molecule has 0 saturated carbocycles. The predicted octanol–water partition coefficient (Wildman–Crippen LogP) is 1.26. The lowest BCUT2D eigenvalue weighted by Crippen LogP contribution is -2.28. The van der Waals surface area contributed by atoms with Crippen molar-refractivity contribution in [3.05, 3.63) is 22.3 Å². The summed E-state index contributed by atoms with van der Waals surface area (Å²) < 4.78 is 24.6. The number of hydrogen-bond donors (Lipinski definition) is 2. The number of allylic oxidation sites excluding steroid dienone is 3. The van der Waals surface area contributed by atoms with E-state index < -0.39 is 15.6 Å². The lowest BCUT2D eigenvalue weighted by molar-refractivity contribution is -0.116. The Morgan fingerprint density at radius 3 is 1.83 bits per heavy atom. The van der Waals surface area contributed by atoms with E-state index in [1.807, 2.05) is 0 Å². The van der Waals surface area contributed by atoms with E-state index in [0.29, 0.717) is 28.7 Å². The SMILES string of the molecule is CC1=C(C)C(=O)C(CCC(C)(C)O)=C(CCNS(C)(=O)=O)C1=O. The van der Waals surface area contributed by atoms with E-state index >= 15 is 0 Å². The number of aliphatic hydroxyl groups is 1. The molecule has 0 amide bonds. The first-order chi connectivity index (χ1) is 10.3. The molecule has 0 atom stereocenters. The minimum atomic E-state index is -3.35. The van der Waals surface area contributed by atoms with Gasteiger partial charge in [-0.3, -0.25) is 9.59 Å². The third-order valence-corrected chi connectivity index (χ3v) is 4.61. The third kappa shape index (κ3) is 5.67. The van der Waals surface area contributed by atoms with Crippen molar-refractivity contribution in [3.8, 4) is 0 Å². The fraction of sp³-hybridized carbons (Fsp3) is 0.625. The van der Waals surface area contributed by atoms with E-state index in [2.05, 4.69) is 4.72 Å². The molecule has 0 aromatic heterocycles. The first kappa shape index (κ1) is 19.7. The van der Waals surface area contributed by atoms with Crippen molar-refractivity contribution in [3.63, 3.8) is 0 Å². The van der Waals surface area contributed by atoms with E-state index in [0.717, 1.165) is 6.26 Å². The molecule has 0 saturated heterocycles. The molecule has 6 nitrogen and oxygen atoms in total. The van der Waals surface area contributed by atoms with E-state index in [1.165, 1.54) is 0 Å². The molecular formula is C16H25NO5S. The van der Waals surface area contributed by atoms with Crippen molar-refractivity contribution >= 4 is 21.6 Å². The Morgan fingerprint density at radius 2 is 1.43 bits per heavy atom. The minimum Gasteiger partial charge on any atom is -0.390 e. The zero-order valence-corrected chi connectivity index (χ0v) is 15.1. The van der Waals surface area contributed by atoms with Gasteiger partial charge in [0, 0.05) is 28.8 Å². The van der Waals surface area contributed by atoms with Gasteiger partial charge in [0.15, 0.2) is 11.6 Å². The van der Waals surface area contributed by atoms with Gasteiger partial charge in [-0.25, -0.2) is 13.1 Å². The second kappa shape index (κ2) is 7.07. The van der Waals surface area contributed by atoms with Crippen LogP contribution in [0.15, 0.2) is 22.3 Å². The summed E-state index contributed by atoms with van der Waals surface area (Å²) in [5, 5.41) is 9.86. The molecule has 1 aliphatic carbocycles. The summed E-state index contributed by atoms with van der Waals surface area (Å²) in [6.07, 6.45) is 1.83. The number of carbonyl (C=O) groups is 2. The van der Waals surface area contributed by atoms with Crippen molar-refractivity contribution in [1.82, 2.24) is 4.72 Å². The van der Waals surface area contributed by atoms with Crippen molar-refractivity contribution in [2.24, 2.45) is 0 Å². The molecule has 0 aromatic rings. The number of carbonyl (C=O) groups excluding carboxylic acids is 2. The molecule has 0 heterocycles. The number of rotatable bonds is 7. The van der Waals surface area contributed by atoms with Crippen LogP contribution in [0.25, 0.3) is 0 Å². The average Bonchev–Trinajstić information content (AvgIpc) is 2.39. The summed E-state index contributed by atoms with van der Waals surface area (Å²) in [5.41, 5.74) is 0.599. The van der Waals surface area contributed by atoms with Crippen LogP contribution in [0, 0.1) is 0 Å². The zero-order chi connectivity index (χ0) is 18.0. The second-order valence-electron chi connectivity index (χ2n) is 6.59. The Balaban J connectivity index is 3.08. The summed E-state index contributed by atoms with van der Waals surface area (Å²) in [4.78, 5) is 24.9. The molecule has 0 unspecified atom stereocenters.